The fourth-order valence-electron chi connectivity index (χ4n) is 0.218. The van der Waals surface area contributed by atoms with Gasteiger partial charge < -0.3 is 51.8 Å². The molecular weight excluding hydrogens is 356 g/mol. The van der Waals surface area contributed by atoms with E-state index < -0.39 is 21.8 Å². The van der Waals surface area contributed by atoms with Gasteiger partial charge >= 0.3 is 21.8 Å². The summed E-state index contributed by atoms with van der Waals surface area (Å²) < 4.78 is 117. The predicted molar refractivity (Wildman–Crippen MR) is 60.7 cm³/mol. The van der Waals surface area contributed by atoms with Crippen molar-refractivity contribution in [3.63, 3.8) is 0 Å². The van der Waals surface area contributed by atoms with E-state index >= 15 is 0 Å². The van der Waals surface area contributed by atoms with Gasteiger partial charge in [0.1, 0.15) is 0 Å². The minimum absolute atomic E-state index is 0.766. The molecule has 0 aliphatic rings. The summed E-state index contributed by atoms with van der Waals surface area (Å²) in [4.78, 5) is 0. The third-order valence-electron chi connectivity index (χ3n) is 0.686. The maximum atomic E-state index is 9.75. The number of hydrogen-bond donors (Lipinski definition) is 0. The van der Waals surface area contributed by atoms with Crippen LogP contribution in [-0.4, -0.2) is 27.6 Å². The molecule has 0 spiro atoms. The van der Waals surface area contributed by atoms with Crippen LogP contribution < -0.4 is 0 Å². The molecule has 0 N–H and O–H groups in total. The molecule has 0 aliphatic heterocycles. The van der Waals surface area contributed by atoms with Crippen LogP contribution >= 0.6 is 11.6 Å². The summed E-state index contributed by atoms with van der Waals surface area (Å²) >= 11 is 5.40. The normalized spacial score (nSPS) is 11.4. The molecule has 0 radical (unpaired) electrons. The summed E-state index contributed by atoms with van der Waals surface area (Å²) in [5.41, 5.74) is 0. The minimum atomic E-state index is -6.00. The molecule has 0 aromatic rings. The van der Waals surface area contributed by atoms with Gasteiger partial charge in [0.25, 0.3) is 0 Å². The van der Waals surface area contributed by atoms with Crippen LogP contribution in [0.25, 0.3) is 0 Å². The lowest BCUT2D eigenvalue weighted by molar-refractivity contribution is 0.366. The molecule has 0 unspecified atom stereocenters. The van der Waals surface area contributed by atoms with Gasteiger partial charge in [0.2, 0.25) is 0 Å². The number of rotatable bonds is 2. The molecule has 0 atom stereocenters. The first-order valence-corrected chi connectivity index (χ1v) is 5.48. The molecule has 0 bridgehead atoms. The Kier molecular flexibility index (Phi) is 18.2. The maximum Gasteiger partial charge on any atom is 0.673 e. The Morgan fingerprint density at radius 3 is 0.762 bits per heavy atom. The zero-order valence-corrected chi connectivity index (χ0v) is 11.4. The van der Waals surface area contributed by atoms with Crippen LogP contribution in [0.1, 0.15) is 20.3 Å². The van der Waals surface area contributed by atoms with Crippen LogP contribution in [0.5, 0.6) is 0 Å². The van der Waals surface area contributed by atoms with Crippen LogP contribution in [0.15, 0.2) is 0 Å². The van der Waals surface area contributed by atoms with Crippen LogP contribution in [0.2, 0.25) is 0 Å². The highest BCUT2D eigenvalue weighted by Crippen LogP contribution is 2.07. The van der Waals surface area contributed by atoms with Crippen LogP contribution in [0.3, 0.4) is 0 Å². The second-order valence-corrected chi connectivity index (χ2v) is 3.73. The molecule has 0 fully saturated rings. The molecule has 0 saturated heterocycles. The van der Waals surface area contributed by atoms with Crippen molar-refractivity contribution in [2.24, 2.45) is 5.92 Å². The van der Waals surface area contributed by atoms with E-state index in [-0.39, 0.29) is 0 Å². The topological polar surface area (TPSA) is 0 Å². The summed E-state index contributed by atoms with van der Waals surface area (Å²) in [7, 11) is -18.0. The van der Waals surface area contributed by atoms with Gasteiger partial charge in [0.15, 0.2) is 0 Å². The zero-order chi connectivity index (χ0) is 18.5. The quantitative estimate of drug-likeness (QED) is 0.311. The lowest BCUT2D eigenvalue weighted by atomic mass is 10.2. The molecule has 0 aromatic heterocycles. The van der Waals surface area contributed by atoms with Gasteiger partial charge in [-0.3, -0.25) is 0 Å². The molecule has 21 heavy (non-hydrogen) atoms. The van der Waals surface area contributed by atoms with Gasteiger partial charge in [-0.1, -0.05) is 13.8 Å². The average molecular weight is 367 g/mol. The standard InChI is InChI=1S/C5H11Cl.3BF4/c1-5(2)3-4-6;3*2-1(3,4)5/h5H,3-4H2,1-2H3;;;/q;3*-1. The van der Waals surface area contributed by atoms with E-state index in [4.69, 9.17) is 11.6 Å². The fourth-order valence-corrected chi connectivity index (χ4v) is 0.655. The lowest BCUT2D eigenvalue weighted by Crippen LogP contribution is -2.02. The number of hydrogen-bond acceptors (Lipinski definition) is 0. The molecule has 0 aliphatic carbocycles. The van der Waals surface area contributed by atoms with Crippen molar-refractivity contribution in [3.8, 4) is 0 Å². The first-order valence-electron chi connectivity index (χ1n) is 4.95. The summed E-state index contributed by atoms with van der Waals surface area (Å²) in [5, 5.41) is 0. The molecule has 0 nitrogen and oxygen atoms in total. The maximum absolute atomic E-state index is 9.75. The largest absolute Gasteiger partial charge is 0.673 e. The van der Waals surface area contributed by atoms with Crippen molar-refractivity contribution < 1.29 is 51.8 Å². The van der Waals surface area contributed by atoms with Crippen molar-refractivity contribution in [1.29, 1.82) is 0 Å². The molecule has 0 heterocycles. The van der Waals surface area contributed by atoms with Gasteiger partial charge in [-0.15, -0.1) is 11.6 Å². The van der Waals surface area contributed by atoms with Gasteiger partial charge in [-0.05, 0) is 12.3 Å². The van der Waals surface area contributed by atoms with Gasteiger partial charge in [0, 0.05) is 5.88 Å². The van der Waals surface area contributed by atoms with Crippen LogP contribution in [0.4, 0.5) is 51.8 Å². The molecule has 0 saturated carbocycles. The van der Waals surface area contributed by atoms with Crippen molar-refractivity contribution in [2.75, 3.05) is 5.88 Å². The Morgan fingerprint density at radius 2 is 0.762 bits per heavy atom. The Bertz CT molecular complexity index is 164. The number of halogens is 13. The first kappa shape index (κ1) is 28.8. The number of alkyl halides is 1. The van der Waals surface area contributed by atoms with Crippen molar-refractivity contribution in [3.05, 3.63) is 0 Å². The summed E-state index contributed by atoms with van der Waals surface area (Å²) in [6.07, 6.45) is 1.14. The summed E-state index contributed by atoms with van der Waals surface area (Å²) in [6.45, 7) is 4.34. The average Bonchev–Trinajstić information content (AvgIpc) is 1.91. The molecular formula is C5H11B3ClF12-3. The second kappa shape index (κ2) is 13.3. The Morgan fingerprint density at radius 1 is 0.619 bits per heavy atom. The zero-order valence-electron chi connectivity index (χ0n) is 10.6. The Hall–Kier alpha value is -0.355. The molecule has 16 heteroatoms. The SMILES string of the molecule is CC(C)CCCl.F[B-](F)(F)F.F[B-](F)(F)F.F[B-](F)(F)F. The van der Waals surface area contributed by atoms with Gasteiger partial charge in [0.05, 0.1) is 0 Å². The van der Waals surface area contributed by atoms with E-state index in [0.717, 1.165) is 18.2 Å². The van der Waals surface area contributed by atoms with E-state index in [1.165, 1.54) is 0 Å². The smallest absolute Gasteiger partial charge is 0.418 e. The molecule has 0 rings (SSSR count). The third-order valence-corrected chi connectivity index (χ3v) is 0.905. The van der Waals surface area contributed by atoms with Gasteiger partial charge in [-0.2, -0.15) is 0 Å². The highest BCUT2D eigenvalue weighted by molar-refractivity contribution is 6.50. The van der Waals surface area contributed by atoms with Crippen LogP contribution in [-0.2, 0) is 0 Å². The predicted octanol–water partition coefficient (Wildman–Crippen LogP) is 6.17. The fraction of sp³-hybridized carbons (Fsp3) is 1.00. The summed E-state index contributed by atoms with van der Waals surface area (Å²) in [5.74, 6) is 1.57. The van der Waals surface area contributed by atoms with E-state index in [2.05, 4.69) is 13.8 Å². The van der Waals surface area contributed by atoms with Crippen LogP contribution in [0, 0.1) is 5.92 Å². The van der Waals surface area contributed by atoms with Gasteiger partial charge in [-0.25, -0.2) is 0 Å². The van der Waals surface area contributed by atoms with Crippen molar-refractivity contribution in [1.82, 2.24) is 0 Å². The molecule has 0 aromatic carbocycles. The highest BCUT2D eigenvalue weighted by atomic mass is 35.5. The third kappa shape index (κ3) is 874. The molecule has 134 valence electrons. The monoisotopic (exact) mass is 367 g/mol. The Balaban J connectivity index is -0.0000000921. The van der Waals surface area contributed by atoms with E-state index in [0.29, 0.717) is 0 Å². The lowest BCUT2D eigenvalue weighted by Gasteiger charge is -1.94. The van der Waals surface area contributed by atoms with E-state index in [9.17, 15) is 51.8 Å². The molecule has 0 amide bonds. The second-order valence-electron chi connectivity index (χ2n) is 3.36. The Labute approximate surface area is 118 Å². The van der Waals surface area contributed by atoms with E-state index in [1.807, 2.05) is 0 Å². The van der Waals surface area contributed by atoms with Crippen molar-refractivity contribution in [2.45, 2.75) is 20.3 Å². The first-order chi connectivity index (χ1) is 8.77. The minimum Gasteiger partial charge on any atom is -0.418 e. The van der Waals surface area contributed by atoms with E-state index in [1.54, 1.807) is 0 Å². The summed E-state index contributed by atoms with van der Waals surface area (Å²) in [6, 6.07) is 0. The van der Waals surface area contributed by atoms with Crippen molar-refractivity contribution >= 4 is 33.4 Å². The highest BCUT2D eigenvalue weighted by Gasteiger charge is 2.21.